The predicted octanol–water partition coefficient (Wildman–Crippen LogP) is 30.5. The molecule has 0 aliphatic carbocycles. The minimum atomic E-state index is 1.01. The van der Waals surface area contributed by atoms with Crippen LogP contribution in [0.5, 0.6) is 0 Å². The number of hydrogen-bond acceptors (Lipinski definition) is 1. The van der Waals surface area contributed by atoms with Crippen LogP contribution >= 0.6 is 0 Å². The molecule has 0 heterocycles. The summed E-state index contributed by atoms with van der Waals surface area (Å²) in [6.07, 6.45) is 81.3. The molecule has 0 saturated heterocycles. The number of hydrogen-bond donors (Lipinski definition) is 0. The third-order valence-corrected chi connectivity index (χ3v) is 18.1. The zero-order chi connectivity index (χ0) is 68.7. The van der Waals surface area contributed by atoms with Crippen molar-refractivity contribution in [1.29, 1.82) is 0 Å². The van der Waals surface area contributed by atoms with Gasteiger partial charge >= 0.3 is 0 Å². The molecule has 0 unspecified atom stereocenters. The van der Waals surface area contributed by atoms with Gasteiger partial charge in [-0.2, -0.15) is 0 Å². The third-order valence-electron chi connectivity index (χ3n) is 18.1. The molecule has 0 aromatic carbocycles. The maximum Gasteiger partial charge on any atom is 0.0165 e. The van der Waals surface area contributed by atoms with E-state index in [1.165, 1.54) is 203 Å². The fourth-order valence-electron chi connectivity index (χ4n) is 11.2. The summed E-state index contributed by atoms with van der Waals surface area (Å²) in [7, 11) is 2.25. The van der Waals surface area contributed by atoms with Crippen LogP contribution in [0.4, 0.5) is 0 Å². The number of nitrogens with zero attached hydrogens (tertiary/aromatic N) is 1. The first-order valence-corrected chi connectivity index (χ1v) is 37.3. The molecule has 0 saturated carbocycles. The predicted molar refractivity (Wildman–Crippen MR) is 424 cm³/mol. The standard InChI is InChI=1S/C91H149N/c1-74(2)38-22-40-76(5)42-24-44-78(7)46-26-48-80(9)50-28-52-82(11)54-30-56-84(13)58-32-60-86(15)62-34-64-88(17)66-36-68-90(19)70-72-92(21)73-71-91(20)69-37-67-89(18)65-35-63-87(16)61-33-59-85(14)57-31-55-83(12)53-29-51-81(10)49-27-47-79(8)45-25-43-77(6)41-23-39-75(3)4/h38-39,42-43,46-47,50-51,54-55,58-59,62-63,66-67,70-71H,22-37,40-41,44-45,48-49,52-53,56-57,60-61,64-65,68-69,72-73H2,1-21H3/b76-42+,77-43+,78-46+,79-47+,80-50+,81-51+,82-54+,83-55+,84-58+,85-59+,86-62+,87-63+,88-66+,89-67+,90-70+,91-71+. The first-order valence-electron chi connectivity index (χ1n) is 37.3. The van der Waals surface area contributed by atoms with Crippen LogP contribution in [0, 0.1) is 0 Å². The smallest absolute Gasteiger partial charge is 0.0165 e. The molecule has 0 atom stereocenters. The van der Waals surface area contributed by atoms with E-state index in [4.69, 9.17) is 0 Å². The summed E-state index contributed by atoms with van der Waals surface area (Å²) < 4.78 is 0. The second-order valence-corrected chi connectivity index (χ2v) is 29.2. The molecule has 0 aliphatic rings. The Bertz CT molecular complexity index is 2430. The quantitative estimate of drug-likeness (QED) is 0.0549. The largest absolute Gasteiger partial charge is 0.299 e. The summed E-state index contributed by atoms with van der Waals surface area (Å²) in [6, 6.07) is 0. The lowest BCUT2D eigenvalue weighted by Crippen LogP contribution is -2.18. The van der Waals surface area contributed by atoms with Gasteiger partial charge in [0.25, 0.3) is 0 Å². The summed E-state index contributed by atoms with van der Waals surface area (Å²) in [5.74, 6) is 0. The first-order chi connectivity index (χ1) is 43.8. The minimum absolute atomic E-state index is 1.01. The highest BCUT2D eigenvalue weighted by atomic mass is 15.1. The SMILES string of the molecule is CC(C)=CCC/C(C)=C/CC/C(C)=C/CC/C(C)=C/CC/C(C)=C/CC/C(C)=C/CC/C(C)=C/CC/C(C)=C/CC/C(C)=C/CN(C)C/C=C(\C)CC/C=C(\C)CC/C=C(\C)CC/C=C(\C)CC/C=C(\C)CC/C=C(\C)CC/C=C(\C)CC/C=C(\C)CCC=C(C)C. The summed E-state index contributed by atoms with van der Waals surface area (Å²) in [5.41, 5.74) is 27.2. The lowest BCUT2D eigenvalue weighted by Gasteiger charge is -2.13. The van der Waals surface area contributed by atoms with Gasteiger partial charge in [0.2, 0.25) is 0 Å². The van der Waals surface area contributed by atoms with Crippen molar-refractivity contribution in [3.05, 3.63) is 210 Å². The first kappa shape index (κ1) is 87.3. The molecule has 0 rings (SSSR count). The number of allylic oxidation sites excluding steroid dienone is 34. The Morgan fingerprint density at radius 3 is 0.359 bits per heavy atom. The average molecular weight is 1260 g/mol. The highest BCUT2D eigenvalue weighted by Crippen LogP contribution is 2.22. The molecule has 0 bridgehead atoms. The fraction of sp³-hybridized carbons (Fsp3) is 0.604. The molecule has 0 amide bonds. The summed E-state index contributed by atoms with van der Waals surface area (Å²) >= 11 is 0. The van der Waals surface area contributed by atoms with Gasteiger partial charge in [-0.3, -0.25) is 4.90 Å². The lowest BCUT2D eigenvalue weighted by molar-refractivity contribution is 0.410. The van der Waals surface area contributed by atoms with Crippen LogP contribution < -0.4 is 0 Å². The Labute approximate surface area is 575 Å². The molecule has 0 spiro atoms. The highest BCUT2D eigenvalue weighted by Gasteiger charge is 2.02. The van der Waals surface area contributed by atoms with Gasteiger partial charge < -0.3 is 0 Å². The Balaban J connectivity index is 4.38. The van der Waals surface area contributed by atoms with Gasteiger partial charge in [-0.25, -0.2) is 0 Å². The summed E-state index contributed by atoms with van der Waals surface area (Å²) in [5, 5.41) is 0. The minimum Gasteiger partial charge on any atom is -0.299 e. The van der Waals surface area contributed by atoms with Crippen LogP contribution in [-0.4, -0.2) is 25.0 Å². The lowest BCUT2D eigenvalue weighted by atomic mass is 10.0. The molecule has 0 aromatic heterocycles. The van der Waals surface area contributed by atoms with Crippen molar-refractivity contribution < 1.29 is 0 Å². The second kappa shape index (κ2) is 57.7. The molecule has 0 radical (unpaired) electrons. The number of likely N-dealkylation sites (N-methyl/N-ethyl adjacent to an activating group) is 1. The van der Waals surface area contributed by atoms with E-state index in [2.05, 4.69) is 260 Å². The van der Waals surface area contributed by atoms with E-state index in [1.807, 2.05) is 0 Å². The Morgan fingerprint density at radius 2 is 0.250 bits per heavy atom. The van der Waals surface area contributed by atoms with Crippen molar-refractivity contribution in [2.45, 2.75) is 344 Å². The van der Waals surface area contributed by atoms with Gasteiger partial charge in [0, 0.05) is 13.1 Å². The van der Waals surface area contributed by atoms with E-state index >= 15 is 0 Å². The normalized spacial score (nSPS) is 15.0. The van der Waals surface area contributed by atoms with Crippen molar-refractivity contribution in [2.75, 3.05) is 20.1 Å². The van der Waals surface area contributed by atoms with Crippen molar-refractivity contribution in [3.8, 4) is 0 Å². The molecule has 0 fully saturated rings. The van der Waals surface area contributed by atoms with Crippen molar-refractivity contribution in [3.63, 3.8) is 0 Å². The highest BCUT2D eigenvalue weighted by molar-refractivity contribution is 5.15. The second-order valence-electron chi connectivity index (χ2n) is 29.2. The van der Waals surface area contributed by atoms with Crippen LogP contribution in [0.15, 0.2) is 210 Å². The van der Waals surface area contributed by atoms with E-state index in [-0.39, 0.29) is 0 Å². The monoisotopic (exact) mass is 1260 g/mol. The van der Waals surface area contributed by atoms with Gasteiger partial charge in [-0.05, 0) is 351 Å². The van der Waals surface area contributed by atoms with Crippen LogP contribution in [0.2, 0.25) is 0 Å². The van der Waals surface area contributed by atoms with Gasteiger partial charge in [-0.15, -0.1) is 0 Å². The molecular weight excluding hydrogens is 1110 g/mol. The van der Waals surface area contributed by atoms with Crippen molar-refractivity contribution in [1.82, 2.24) is 4.90 Å². The molecule has 518 valence electrons. The summed E-state index contributed by atoms with van der Waals surface area (Å²) in [6.45, 7) is 47.7. The molecule has 0 N–H and O–H groups in total. The molecule has 0 aliphatic heterocycles. The van der Waals surface area contributed by atoms with E-state index in [1.54, 1.807) is 0 Å². The molecule has 1 nitrogen and oxygen atoms in total. The third kappa shape index (κ3) is 59.1. The Morgan fingerprint density at radius 1 is 0.152 bits per heavy atom. The average Bonchev–Trinajstić information content (AvgIpc) is 3.50. The maximum absolute atomic E-state index is 2.48. The molecular formula is C91H149N. The van der Waals surface area contributed by atoms with E-state index in [9.17, 15) is 0 Å². The van der Waals surface area contributed by atoms with E-state index in [0.717, 1.165) is 116 Å². The van der Waals surface area contributed by atoms with Crippen LogP contribution in [0.1, 0.15) is 344 Å². The molecule has 0 aromatic rings. The van der Waals surface area contributed by atoms with Crippen molar-refractivity contribution >= 4 is 0 Å². The topological polar surface area (TPSA) is 3.24 Å². The zero-order valence-corrected chi connectivity index (χ0v) is 64.9. The van der Waals surface area contributed by atoms with E-state index < -0.39 is 0 Å². The summed E-state index contributed by atoms with van der Waals surface area (Å²) in [4.78, 5) is 2.43. The van der Waals surface area contributed by atoms with Crippen molar-refractivity contribution in [2.24, 2.45) is 0 Å². The maximum atomic E-state index is 2.48. The van der Waals surface area contributed by atoms with Crippen LogP contribution in [-0.2, 0) is 0 Å². The Kier molecular flexibility index (Phi) is 54.7. The Hall–Kier alpha value is -4.72. The van der Waals surface area contributed by atoms with Gasteiger partial charge in [0.1, 0.15) is 0 Å². The zero-order valence-electron chi connectivity index (χ0n) is 64.9. The van der Waals surface area contributed by atoms with Crippen LogP contribution in [0.25, 0.3) is 0 Å². The van der Waals surface area contributed by atoms with Gasteiger partial charge in [0.15, 0.2) is 0 Å². The van der Waals surface area contributed by atoms with E-state index in [0.29, 0.717) is 0 Å². The molecule has 92 heavy (non-hydrogen) atoms. The molecule has 1 heteroatoms. The van der Waals surface area contributed by atoms with Gasteiger partial charge in [-0.1, -0.05) is 210 Å². The van der Waals surface area contributed by atoms with Gasteiger partial charge in [0.05, 0.1) is 0 Å². The number of rotatable bonds is 52. The van der Waals surface area contributed by atoms with Crippen LogP contribution in [0.3, 0.4) is 0 Å². The fourth-order valence-corrected chi connectivity index (χ4v) is 11.2.